The lowest BCUT2D eigenvalue weighted by atomic mass is 10.2. The Morgan fingerprint density at radius 3 is 2.64 bits per heavy atom. The van der Waals surface area contributed by atoms with E-state index in [1.54, 1.807) is 20.4 Å². The lowest BCUT2D eigenvalue weighted by molar-refractivity contribution is 0.394. The van der Waals surface area contributed by atoms with Crippen molar-refractivity contribution in [1.82, 2.24) is 15.6 Å². The van der Waals surface area contributed by atoms with Crippen LogP contribution in [0.5, 0.6) is 11.5 Å². The van der Waals surface area contributed by atoms with Crippen LogP contribution in [0.15, 0.2) is 47.6 Å². The van der Waals surface area contributed by atoms with Crippen LogP contribution < -0.4 is 25.0 Å². The van der Waals surface area contributed by atoms with Crippen molar-refractivity contribution in [2.45, 2.75) is 25.9 Å². The molecule has 3 rings (SSSR count). The molecule has 0 radical (unpaired) electrons. The first-order valence-corrected chi connectivity index (χ1v) is 9.64. The zero-order chi connectivity index (χ0) is 19.8. The summed E-state index contributed by atoms with van der Waals surface area (Å²) in [6, 6.07) is 12.2. The summed E-state index contributed by atoms with van der Waals surface area (Å²) in [6.45, 7) is 5.30. The van der Waals surface area contributed by atoms with Crippen molar-refractivity contribution in [3.8, 4) is 11.5 Å². The second-order valence-electron chi connectivity index (χ2n) is 6.66. The van der Waals surface area contributed by atoms with Crippen molar-refractivity contribution < 1.29 is 9.47 Å². The van der Waals surface area contributed by atoms with Crippen molar-refractivity contribution in [2.24, 2.45) is 4.99 Å². The molecular formula is C21H29N5O2. The number of nitrogens with one attached hydrogen (secondary N) is 2. The Morgan fingerprint density at radius 1 is 1.21 bits per heavy atom. The number of hydrogen-bond donors (Lipinski definition) is 2. The fraction of sp³-hybridized carbons (Fsp3) is 0.429. The molecule has 2 heterocycles. The van der Waals surface area contributed by atoms with Crippen molar-refractivity contribution in [3.05, 3.63) is 48.3 Å². The maximum absolute atomic E-state index is 5.40. The quantitative estimate of drug-likeness (QED) is 0.565. The van der Waals surface area contributed by atoms with Crippen LogP contribution in [0.3, 0.4) is 0 Å². The molecule has 0 spiro atoms. The number of aromatic nitrogens is 1. The van der Waals surface area contributed by atoms with Gasteiger partial charge in [0.15, 0.2) is 5.96 Å². The molecule has 150 valence electrons. The van der Waals surface area contributed by atoms with Gasteiger partial charge in [0.2, 0.25) is 0 Å². The molecule has 7 nitrogen and oxygen atoms in total. The fourth-order valence-corrected chi connectivity index (χ4v) is 3.25. The van der Waals surface area contributed by atoms with Gasteiger partial charge in [-0.15, -0.1) is 0 Å². The van der Waals surface area contributed by atoms with Gasteiger partial charge in [-0.3, -0.25) is 4.98 Å². The second-order valence-corrected chi connectivity index (χ2v) is 6.66. The molecule has 1 aromatic heterocycles. The van der Waals surface area contributed by atoms with Gasteiger partial charge in [0.1, 0.15) is 11.5 Å². The fourth-order valence-electron chi connectivity index (χ4n) is 3.25. The van der Waals surface area contributed by atoms with Gasteiger partial charge in [0.25, 0.3) is 0 Å². The predicted octanol–water partition coefficient (Wildman–Crippen LogP) is 2.43. The molecule has 1 aliphatic heterocycles. The summed E-state index contributed by atoms with van der Waals surface area (Å²) in [7, 11) is 3.35. The van der Waals surface area contributed by atoms with Crippen LogP contribution in [0.2, 0.25) is 0 Å². The van der Waals surface area contributed by atoms with Crippen molar-refractivity contribution in [3.63, 3.8) is 0 Å². The lowest BCUT2D eigenvalue weighted by Crippen LogP contribution is -2.44. The summed E-state index contributed by atoms with van der Waals surface area (Å²) in [4.78, 5) is 11.3. The van der Waals surface area contributed by atoms with Gasteiger partial charge in [-0.05, 0) is 25.5 Å². The van der Waals surface area contributed by atoms with Gasteiger partial charge in [-0.25, -0.2) is 4.99 Å². The molecule has 1 atom stereocenters. The number of methoxy groups -OCH3 is 2. The third kappa shape index (κ3) is 5.28. The Morgan fingerprint density at radius 2 is 2.00 bits per heavy atom. The highest BCUT2D eigenvalue weighted by Gasteiger charge is 2.24. The number of aliphatic imine (C=N–C) groups is 1. The van der Waals surface area contributed by atoms with E-state index < -0.39 is 0 Å². The third-order valence-electron chi connectivity index (χ3n) is 4.70. The summed E-state index contributed by atoms with van der Waals surface area (Å²) >= 11 is 0. The minimum atomic E-state index is 0.318. The first-order chi connectivity index (χ1) is 13.7. The minimum absolute atomic E-state index is 0.318. The third-order valence-corrected chi connectivity index (χ3v) is 4.70. The van der Waals surface area contributed by atoms with E-state index in [0.717, 1.165) is 54.9 Å². The lowest BCUT2D eigenvalue weighted by Gasteiger charge is -2.21. The van der Waals surface area contributed by atoms with Gasteiger partial charge >= 0.3 is 0 Å². The number of hydrogen-bond acceptors (Lipinski definition) is 5. The first kappa shape index (κ1) is 19.8. The number of ether oxygens (including phenoxy) is 2. The normalized spacial score (nSPS) is 16.8. The number of pyridine rings is 1. The Labute approximate surface area is 166 Å². The number of rotatable bonds is 7. The molecule has 2 N–H and O–H groups in total. The van der Waals surface area contributed by atoms with Crippen LogP contribution >= 0.6 is 0 Å². The van der Waals surface area contributed by atoms with Crippen LogP contribution in [0.1, 0.15) is 19.0 Å². The predicted molar refractivity (Wildman–Crippen MR) is 112 cm³/mol. The van der Waals surface area contributed by atoms with E-state index in [9.17, 15) is 0 Å². The zero-order valence-electron chi connectivity index (χ0n) is 16.8. The average molecular weight is 383 g/mol. The molecule has 1 fully saturated rings. The highest BCUT2D eigenvalue weighted by molar-refractivity contribution is 5.80. The summed E-state index contributed by atoms with van der Waals surface area (Å²) < 4.78 is 10.8. The van der Waals surface area contributed by atoms with Gasteiger partial charge in [0, 0.05) is 55.8 Å². The van der Waals surface area contributed by atoms with Crippen LogP contribution in [0.25, 0.3) is 0 Å². The number of guanidine groups is 1. The number of anilines is 1. The average Bonchev–Trinajstić information content (AvgIpc) is 3.21. The molecule has 1 unspecified atom stereocenters. The molecule has 0 saturated carbocycles. The van der Waals surface area contributed by atoms with E-state index in [0.29, 0.717) is 12.6 Å². The Bertz CT molecular complexity index is 759. The summed E-state index contributed by atoms with van der Waals surface area (Å²) in [5, 5.41) is 6.87. The topological polar surface area (TPSA) is 71.0 Å². The largest absolute Gasteiger partial charge is 0.497 e. The molecule has 1 aliphatic rings. The Kier molecular flexibility index (Phi) is 6.94. The SMILES string of the molecule is CCNC(=NCc1ccccn1)NC1CCN(c2cc(OC)cc(OC)c2)C1. The molecule has 2 aromatic rings. The first-order valence-electron chi connectivity index (χ1n) is 9.64. The Balaban J connectivity index is 1.63. The second kappa shape index (κ2) is 9.82. The van der Waals surface area contributed by atoms with Crippen molar-refractivity contribution in [1.29, 1.82) is 0 Å². The van der Waals surface area contributed by atoms with Crippen molar-refractivity contribution in [2.75, 3.05) is 38.8 Å². The van der Waals surface area contributed by atoms with E-state index in [2.05, 4.69) is 32.4 Å². The summed E-state index contributed by atoms with van der Waals surface area (Å²) in [5.41, 5.74) is 2.06. The molecule has 1 aromatic carbocycles. The number of benzene rings is 1. The molecule has 7 heteroatoms. The van der Waals surface area contributed by atoms with E-state index in [1.165, 1.54) is 0 Å². The monoisotopic (exact) mass is 383 g/mol. The van der Waals surface area contributed by atoms with Crippen LogP contribution in [0.4, 0.5) is 5.69 Å². The van der Waals surface area contributed by atoms with Gasteiger partial charge in [-0.1, -0.05) is 6.07 Å². The Hall–Kier alpha value is -2.96. The van der Waals surface area contributed by atoms with Gasteiger partial charge in [0.05, 0.1) is 26.5 Å². The van der Waals surface area contributed by atoms with Gasteiger partial charge < -0.3 is 25.0 Å². The van der Waals surface area contributed by atoms with E-state index in [-0.39, 0.29) is 0 Å². The molecular weight excluding hydrogens is 354 g/mol. The molecule has 0 aliphatic carbocycles. The van der Waals surface area contributed by atoms with E-state index >= 15 is 0 Å². The maximum Gasteiger partial charge on any atom is 0.191 e. The standard InChI is InChI=1S/C21H29N5O2/c1-4-22-21(24-14-16-7-5-6-9-23-16)25-17-8-10-26(15-17)18-11-19(27-2)13-20(12-18)28-3/h5-7,9,11-13,17H,4,8,10,14-15H2,1-3H3,(H2,22,24,25). The van der Waals surface area contributed by atoms with Crippen LogP contribution in [-0.2, 0) is 6.54 Å². The highest BCUT2D eigenvalue weighted by atomic mass is 16.5. The van der Waals surface area contributed by atoms with Crippen LogP contribution in [-0.4, -0.2) is 50.8 Å². The van der Waals surface area contributed by atoms with Crippen LogP contribution in [0, 0.1) is 0 Å². The zero-order valence-corrected chi connectivity index (χ0v) is 16.8. The molecule has 0 bridgehead atoms. The summed E-state index contributed by atoms with van der Waals surface area (Å²) in [6.07, 6.45) is 2.83. The molecule has 1 saturated heterocycles. The smallest absolute Gasteiger partial charge is 0.191 e. The van der Waals surface area contributed by atoms with E-state index in [1.807, 2.05) is 36.4 Å². The van der Waals surface area contributed by atoms with E-state index in [4.69, 9.17) is 9.47 Å². The number of nitrogens with zero attached hydrogens (tertiary/aromatic N) is 3. The van der Waals surface area contributed by atoms with Crippen molar-refractivity contribution >= 4 is 11.6 Å². The minimum Gasteiger partial charge on any atom is -0.497 e. The van der Waals surface area contributed by atoms with Gasteiger partial charge in [-0.2, -0.15) is 0 Å². The molecule has 0 amide bonds. The summed E-state index contributed by atoms with van der Waals surface area (Å²) in [5.74, 6) is 2.43. The maximum atomic E-state index is 5.40. The highest BCUT2D eigenvalue weighted by Crippen LogP contribution is 2.30. The molecule has 28 heavy (non-hydrogen) atoms.